The number of likely N-dealkylation sites (tertiary alicyclic amines) is 1. The summed E-state index contributed by atoms with van der Waals surface area (Å²) in [6.45, 7) is 4.74. The molecule has 0 bridgehead atoms. The summed E-state index contributed by atoms with van der Waals surface area (Å²) in [4.78, 5) is 24.4. The Morgan fingerprint density at radius 2 is 2.11 bits per heavy atom. The van der Waals surface area contributed by atoms with Crippen LogP contribution in [-0.4, -0.2) is 60.1 Å². The van der Waals surface area contributed by atoms with Crippen molar-refractivity contribution in [3.05, 3.63) is 0 Å². The Bertz CT molecular complexity index is 344. The van der Waals surface area contributed by atoms with Gasteiger partial charge in [0, 0.05) is 26.1 Å². The van der Waals surface area contributed by atoms with E-state index in [1.165, 1.54) is 32.7 Å². The minimum atomic E-state index is -0.992. The van der Waals surface area contributed by atoms with Gasteiger partial charge in [-0.05, 0) is 38.3 Å². The first kappa shape index (κ1) is 14.3. The molecule has 1 amide bonds. The van der Waals surface area contributed by atoms with Gasteiger partial charge in [0.15, 0.2) is 0 Å². The van der Waals surface area contributed by atoms with Crippen molar-refractivity contribution in [3.63, 3.8) is 0 Å². The number of hydrogen-bond acceptors (Lipinski definition) is 4. The molecule has 2 fully saturated rings. The number of carboxylic acids is 1. The van der Waals surface area contributed by atoms with Crippen molar-refractivity contribution in [2.45, 2.75) is 38.3 Å². The lowest BCUT2D eigenvalue weighted by Gasteiger charge is -2.17. The maximum atomic E-state index is 10.9. The largest absolute Gasteiger partial charge is 0.480 e. The molecule has 19 heavy (non-hydrogen) atoms. The first-order valence-corrected chi connectivity index (χ1v) is 7.01. The Morgan fingerprint density at radius 1 is 1.37 bits per heavy atom. The molecule has 1 aliphatic carbocycles. The van der Waals surface area contributed by atoms with Crippen LogP contribution in [0, 0.1) is 5.92 Å². The predicted molar refractivity (Wildman–Crippen MR) is 70.8 cm³/mol. The summed E-state index contributed by atoms with van der Waals surface area (Å²) in [6, 6.07) is -0.0189. The molecule has 0 aromatic carbocycles. The number of carbonyl (C=O) groups excluding carboxylic acids is 1. The molecule has 2 rings (SSSR count). The average Bonchev–Trinajstić information content (AvgIpc) is 3.08. The summed E-state index contributed by atoms with van der Waals surface area (Å²) < 4.78 is 0. The van der Waals surface area contributed by atoms with E-state index < -0.39 is 12.0 Å². The summed E-state index contributed by atoms with van der Waals surface area (Å²) in [5, 5.41) is 14.6. The summed E-state index contributed by atoms with van der Waals surface area (Å²) in [6.07, 6.45) is 3.86. The maximum Gasteiger partial charge on any atom is 0.327 e. The molecule has 6 nitrogen and oxygen atoms in total. The van der Waals surface area contributed by atoms with Crippen molar-refractivity contribution in [2.24, 2.45) is 5.92 Å². The van der Waals surface area contributed by atoms with Gasteiger partial charge in [-0.1, -0.05) is 0 Å². The van der Waals surface area contributed by atoms with Gasteiger partial charge < -0.3 is 20.6 Å². The molecular formula is C13H23N3O3. The highest BCUT2D eigenvalue weighted by Crippen LogP contribution is 2.31. The third-order valence-electron chi connectivity index (χ3n) is 3.84. The number of nitrogens with one attached hydrogen (secondary N) is 2. The Morgan fingerprint density at radius 3 is 2.68 bits per heavy atom. The second-order valence-electron chi connectivity index (χ2n) is 5.63. The number of nitrogens with zero attached hydrogens (tertiary/aromatic N) is 1. The van der Waals surface area contributed by atoms with Crippen molar-refractivity contribution in [1.82, 2.24) is 15.5 Å². The van der Waals surface area contributed by atoms with E-state index in [0.717, 1.165) is 19.1 Å². The van der Waals surface area contributed by atoms with E-state index >= 15 is 0 Å². The van der Waals surface area contributed by atoms with Crippen LogP contribution in [0.2, 0.25) is 0 Å². The smallest absolute Gasteiger partial charge is 0.327 e. The second kappa shape index (κ2) is 6.34. The Kier molecular flexibility index (Phi) is 4.76. The minimum absolute atomic E-state index is 0.287. The summed E-state index contributed by atoms with van der Waals surface area (Å²) >= 11 is 0. The molecule has 108 valence electrons. The van der Waals surface area contributed by atoms with E-state index in [9.17, 15) is 9.59 Å². The molecule has 6 heteroatoms. The lowest BCUT2D eigenvalue weighted by atomic mass is 10.1. The van der Waals surface area contributed by atoms with E-state index in [2.05, 4.69) is 15.5 Å². The van der Waals surface area contributed by atoms with E-state index in [1.807, 2.05) is 0 Å². The molecule has 2 aliphatic rings. The molecule has 3 N–H and O–H groups in total. The molecule has 0 radical (unpaired) electrons. The van der Waals surface area contributed by atoms with Crippen molar-refractivity contribution >= 4 is 11.9 Å². The van der Waals surface area contributed by atoms with Crippen LogP contribution < -0.4 is 10.6 Å². The van der Waals surface area contributed by atoms with Gasteiger partial charge >= 0.3 is 5.97 Å². The summed E-state index contributed by atoms with van der Waals surface area (Å²) in [5.74, 6) is -0.698. The first-order chi connectivity index (χ1) is 9.06. The summed E-state index contributed by atoms with van der Waals surface area (Å²) in [7, 11) is 0. The number of hydrogen-bond donors (Lipinski definition) is 3. The highest BCUT2D eigenvalue weighted by molar-refractivity contribution is 5.82. The highest BCUT2D eigenvalue weighted by atomic mass is 16.4. The fraction of sp³-hybridized carbons (Fsp3) is 0.846. The molecule has 2 atom stereocenters. The van der Waals surface area contributed by atoms with Gasteiger partial charge in [-0.25, -0.2) is 4.79 Å². The molecule has 1 saturated carbocycles. The molecule has 0 aromatic heterocycles. The topological polar surface area (TPSA) is 81.7 Å². The fourth-order valence-corrected chi connectivity index (χ4v) is 2.68. The Balaban J connectivity index is 1.64. The Labute approximate surface area is 113 Å². The predicted octanol–water partition coefficient (Wildman–Crippen LogP) is -0.350. The van der Waals surface area contributed by atoms with E-state index in [1.54, 1.807) is 0 Å². The van der Waals surface area contributed by atoms with Gasteiger partial charge in [-0.2, -0.15) is 0 Å². The van der Waals surface area contributed by atoms with Crippen LogP contribution in [0.15, 0.2) is 0 Å². The number of aliphatic carboxylic acids is 1. The van der Waals surface area contributed by atoms with Crippen LogP contribution in [0.25, 0.3) is 0 Å². The number of carboxylic acid groups (broad SMARTS) is 1. The van der Waals surface area contributed by atoms with Gasteiger partial charge in [-0.15, -0.1) is 0 Å². The quantitative estimate of drug-likeness (QED) is 0.588. The minimum Gasteiger partial charge on any atom is -0.480 e. The van der Waals surface area contributed by atoms with Crippen molar-refractivity contribution in [3.8, 4) is 0 Å². The lowest BCUT2D eigenvalue weighted by Crippen LogP contribution is -2.47. The maximum absolute atomic E-state index is 10.9. The molecule has 0 spiro atoms. The molecule has 0 aromatic rings. The lowest BCUT2D eigenvalue weighted by molar-refractivity contribution is -0.141. The van der Waals surface area contributed by atoms with Gasteiger partial charge in [-0.3, -0.25) is 4.79 Å². The zero-order chi connectivity index (χ0) is 13.8. The van der Waals surface area contributed by atoms with Crippen LogP contribution in [0.4, 0.5) is 0 Å². The van der Waals surface area contributed by atoms with Crippen molar-refractivity contribution in [1.29, 1.82) is 0 Å². The normalized spacial score (nSPS) is 25.2. The van der Waals surface area contributed by atoms with Crippen LogP contribution >= 0.6 is 0 Å². The van der Waals surface area contributed by atoms with Gasteiger partial charge in [0.1, 0.15) is 6.04 Å². The third-order valence-corrected chi connectivity index (χ3v) is 3.84. The van der Waals surface area contributed by atoms with E-state index in [4.69, 9.17) is 5.11 Å². The zero-order valence-electron chi connectivity index (χ0n) is 11.4. The van der Waals surface area contributed by atoms with Crippen LogP contribution in [-0.2, 0) is 9.59 Å². The van der Waals surface area contributed by atoms with E-state index in [0.29, 0.717) is 5.92 Å². The SMILES string of the molecule is CC(=O)NC(CNCC1CCN(C2CC2)C1)C(=O)O. The van der Waals surface area contributed by atoms with Crippen LogP contribution in [0.1, 0.15) is 26.2 Å². The number of carbonyl (C=O) groups is 2. The van der Waals surface area contributed by atoms with Crippen LogP contribution in [0.5, 0.6) is 0 Å². The van der Waals surface area contributed by atoms with Crippen LogP contribution in [0.3, 0.4) is 0 Å². The number of amides is 1. The molecular weight excluding hydrogens is 246 g/mol. The molecule has 1 heterocycles. The third kappa shape index (κ3) is 4.47. The highest BCUT2D eigenvalue weighted by Gasteiger charge is 2.34. The molecule has 1 saturated heterocycles. The van der Waals surface area contributed by atoms with Gasteiger partial charge in [0.2, 0.25) is 5.91 Å². The number of rotatable bonds is 7. The molecule has 2 unspecified atom stereocenters. The second-order valence-corrected chi connectivity index (χ2v) is 5.63. The van der Waals surface area contributed by atoms with Gasteiger partial charge in [0.05, 0.1) is 0 Å². The standard InChI is InChI=1S/C13H23N3O3/c1-9(17)15-12(13(18)19)7-14-6-10-4-5-16(8-10)11-2-3-11/h10-12,14H,2-8H2,1H3,(H,15,17)(H,18,19). The van der Waals surface area contributed by atoms with Crippen molar-refractivity contribution in [2.75, 3.05) is 26.2 Å². The monoisotopic (exact) mass is 269 g/mol. The fourth-order valence-electron chi connectivity index (χ4n) is 2.68. The average molecular weight is 269 g/mol. The van der Waals surface area contributed by atoms with Gasteiger partial charge in [0.25, 0.3) is 0 Å². The zero-order valence-corrected chi connectivity index (χ0v) is 11.4. The van der Waals surface area contributed by atoms with E-state index in [-0.39, 0.29) is 12.5 Å². The van der Waals surface area contributed by atoms with Crippen molar-refractivity contribution < 1.29 is 14.7 Å². The Hall–Kier alpha value is -1.14. The molecule has 1 aliphatic heterocycles. The summed E-state index contributed by atoms with van der Waals surface area (Å²) in [5.41, 5.74) is 0. The first-order valence-electron chi connectivity index (χ1n) is 7.01.